The first kappa shape index (κ1) is 22.7. The molecule has 1 aliphatic heterocycles. The Morgan fingerprint density at radius 2 is 2.27 bits per heavy atom. The first-order valence-corrected chi connectivity index (χ1v) is 8.85. The number of nitrogens with zero attached hydrogens (tertiary/aromatic N) is 3. The molecule has 1 aromatic rings. The fourth-order valence-electron chi connectivity index (χ4n) is 2.88. The van der Waals surface area contributed by atoms with Crippen LogP contribution in [0.15, 0.2) is 29.3 Å². The van der Waals surface area contributed by atoms with E-state index in [4.69, 9.17) is 19.7 Å². The van der Waals surface area contributed by atoms with E-state index in [1.807, 2.05) is 24.3 Å². The highest BCUT2D eigenvalue weighted by molar-refractivity contribution is 14.0. The Bertz CT molecular complexity index is 603. The molecule has 1 atom stereocenters. The molecule has 7 heteroatoms. The van der Waals surface area contributed by atoms with Crippen molar-refractivity contribution >= 4 is 29.9 Å². The van der Waals surface area contributed by atoms with E-state index in [0.29, 0.717) is 31.2 Å². The second-order valence-corrected chi connectivity index (χ2v) is 6.15. The molecular formula is C19H29IN4O2. The molecular weight excluding hydrogens is 443 g/mol. The SMILES string of the molecule is CCNC(=NCc1cccc(C#N)c1)N1CCC(COCCOC)C1.I. The molecule has 1 aliphatic rings. The van der Waals surface area contributed by atoms with Gasteiger partial charge < -0.3 is 19.7 Å². The molecule has 0 saturated carbocycles. The van der Waals surface area contributed by atoms with Gasteiger partial charge in [-0.3, -0.25) is 0 Å². The highest BCUT2D eigenvalue weighted by Crippen LogP contribution is 2.17. The highest BCUT2D eigenvalue weighted by Gasteiger charge is 2.24. The van der Waals surface area contributed by atoms with E-state index in [-0.39, 0.29) is 24.0 Å². The molecule has 1 saturated heterocycles. The van der Waals surface area contributed by atoms with E-state index >= 15 is 0 Å². The lowest BCUT2D eigenvalue weighted by molar-refractivity contribution is 0.0536. The van der Waals surface area contributed by atoms with E-state index in [9.17, 15) is 0 Å². The van der Waals surface area contributed by atoms with Gasteiger partial charge in [-0.15, -0.1) is 24.0 Å². The lowest BCUT2D eigenvalue weighted by atomic mass is 10.1. The van der Waals surface area contributed by atoms with Gasteiger partial charge in [-0.2, -0.15) is 5.26 Å². The van der Waals surface area contributed by atoms with Crippen molar-refractivity contribution in [3.8, 4) is 6.07 Å². The topological polar surface area (TPSA) is 69.9 Å². The predicted octanol–water partition coefficient (Wildman–Crippen LogP) is 2.63. The van der Waals surface area contributed by atoms with Crippen molar-refractivity contribution in [1.82, 2.24) is 10.2 Å². The predicted molar refractivity (Wildman–Crippen MR) is 114 cm³/mol. The molecule has 2 rings (SSSR count). The summed E-state index contributed by atoms with van der Waals surface area (Å²) in [7, 11) is 1.69. The maximum atomic E-state index is 9.00. The summed E-state index contributed by atoms with van der Waals surface area (Å²) in [5.41, 5.74) is 1.72. The number of hydrogen-bond donors (Lipinski definition) is 1. The van der Waals surface area contributed by atoms with Gasteiger partial charge in [-0.05, 0) is 31.0 Å². The molecule has 144 valence electrons. The summed E-state index contributed by atoms with van der Waals surface area (Å²) in [6.45, 7) is 7.49. The van der Waals surface area contributed by atoms with Crippen LogP contribution in [0.4, 0.5) is 0 Å². The Hall–Kier alpha value is -1.37. The minimum absolute atomic E-state index is 0. The van der Waals surface area contributed by atoms with Crippen LogP contribution in [-0.4, -0.2) is 57.4 Å². The summed E-state index contributed by atoms with van der Waals surface area (Å²) in [4.78, 5) is 7.04. The third-order valence-corrected chi connectivity index (χ3v) is 4.17. The van der Waals surface area contributed by atoms with Gasteiger partial charge in [0.2, 0.25) is 0 Å². The number of hydrogen-bond acceptors (Lipinski definition) is 4. The number of nitrogens with one attached hydrogen (secondary N) is 1. The fraction of sp³-hybridized carbons (Fsp3) is 0.579. The Morgan fingerprint density at radius 1 is 1.42 bits per heavy atom. The Labute approximate surface area is 173 Å². The number of nitriles is 1. The third-order valence-electron chi connectivity index (χ3n) is 4.17. The zero-order chi connectivity index (χ0) is 17.9. The van der Waals surface area contributed by atoms with Gasteiger partial charge in [0.25, 0.3) is 0 Å². The summed E-state index contributed by atoms with van der Waals surface area (Å²) in [5, 5.41) is 12.4. The molecule has 26 heavy (non-hydrogen) atoms. The second kappa shape index (κ2) is 12.9. The van der Waals surface area contributed by atoms with E-state index in [1.54, 1.807) is 7.11 Å². The lowest BCUT2D eigenvalue weighted by Crippen LogP contribution is -2.40. The van der Waals surface area contributed by atoms with Crippen molar-refractivity contribution in [3.63, 3.8) is 0 Å². The number of rotatable bonds is 8. The number of benzene rings is 1. The number of methoxy groups -OCH3 is 1. The van der Waals surface area contributed by atoms with E-state index < -0.39 is 0 Å². The first-order chi connectivity index (χ1) is 12.3. The zero-order valence-electron chi connectivity index (χ0n) is 15.6. The van der Waals surface area contributed by atoms with Crippen LogP contribution in [0.25, 0.3) is 0 Å². The molecule has 1 N–H and O–H groups in total. The number of ether oxygens (including phenoxy) is 2. The van der Waals surface area contributed by atoms with Gasteiger partial charge in [0.05, 0.1) is 38.0 Å². The van der Waals surface area contributed by atoms with Crippen molar-refractivity contribution in [2.45, 2.75) is 19.9 Å². The summed E-state index contributed by atoms with van der Waals surface area (Å²) >= 11 is 0. The van der Waals surface area contributed by atoms with Crippen LogP contribution in [0.2, 0.25) is 0 Å². The van der Waals surface area contributed by atoms with Gasteiger partial charge in [0.15, 0.2) is 5.96 Å². The summed E-state index contributed by atoms with van der Waals surface area (Å²) in [5.74, 6) is 1.46. The maximum absolute atomic E-state index is 9.00. The van der Waals surface area contributed by atoms with Crippen LogP contribution < -0.4 is 5.32 Å². The number of guanidine groups is 1. The number of halogens is 1. The van der Waals surface area contributed by atoms with Crippen molar-refractivity contribution < 1.29 is 9.47 Å². The van der Waals surface area contributed by atoms with Crippen molar-refractivity contribution in [3.05, 3.63) is 35.4 Å². The largest absolute Gasteiger partial charge is 0.382 e. The number of aliphatic imine (C=N–C) groups is 1. The molecule has 0 radical (unpaired) electrons. The molecule has 6 nitrogen and oxygen atoms in total. The standard InChI is InChI=1S/C19H28N4O2.HI/c1-3-21-19(22-13-17-6-4-5-16(11-17)12-20)23-8-7-18(14-23)15-25-10-9-24-2;/h4-6,11,18H,3,7-10,13-15H2,1-2H3,(H,21,22);1H. The summed E-state index contributed by atoms with van der Waals surface area (Å²) in [6, 6.07) is 9.78. The van der Waals surface area contributed by atoms with Crippen molar-refractivity contribution in [2.75, 3.05) is 46.6 Å². The van der Waals surface area contributed by atoms with E-state index in [2.05, 4.69) is 23.2 Å². The number of likely N-dealkylation sites (tertiary alicyclic amines) is 1. The van der Waals surface area contributed by atoms with Crippen LogP contribution in [-0.2, 0) is 16.0 Å². The molecule has 0 spiro atoms. The van der Waals surface area contributed by atoms with Crippen LogP contribution in [0.3, 0.4) is 0 Å². The quantitative estimate of drug-likeness (QED) is 0.273. The van der Waals surface area contributed by atoms with Crippen LogP contribution in [0, 0.1) is 17.2 Å². The second-order valence-electron chi connectivity index (χ2n) is 6.15. The molecule has 0 bridgehead atoms. The van der Waals surface area contributed by atoms with Gasteiger partial charge in [0.1, 0.15) is 0 Å². The molecule has 1 fully saturated rings. The average molecular weight is 472 g/mol. The van der Waals surface area contributed by atoms with Crippen LogP contribution in [0.1, 0.15) is 24.5 Å². The minimum atomic E-state index is 0. The van der Waals surface area contributed by atoms with E-state index in [1.165, 1.54) is 0 Å². The molecule has 0 aliphatic carbocycles. The third kappa shape index (κ3) is 7.48. The van der Waals surface area contributed by atoms with Crippen molar-refractivity contribution in [1.29, 1.82) is 5.26 Å². The molecule has 1 unspecified atom stereocenters. The Balaban J connectivity index is 0.00000338. The maximum Gasteiger partial charge on any atom is 0.194 e. The van der Waals surface area contributed by atoms with Gasteiger partial charge in [0, 0.05) is 32.7 Å². The minimum Gasteiger partial charge on any atom is -0.382 e. The monoisotopic (exact) mass is 472 g/mol. The molecule has 0 amide bonds. The molecule has 1 aromatic carbocycles. The van der Waals surface area contributed by atoms with Crippen molar-refractivity contribution in [2.24, 2.45) is 10.9 Å². The zero-order valence-corrected chi connectivity index (χ0v) is 17.9. The highest BCUT2D eigenvalue weighted by atomic mass is 127. The van der Waals surface area contributed by atoms with Gasteiger partial charge >= 0.3 is 0 Å². The van der Waals surface area contributed by atoms with Gasteiger partial charge in [-0.1, -0.05) is 12.1 Å². The first-order valence-electron chi connectivity index (χ1n) is 8.85. The average Bonchev–Trinajstić information content (AvgIpc) is 3.11. The van der Waals surface area contributed by atoms with Crippen LogP contribution >= 0.6 is 24.0 Å². The van der Waals surface area contributed by atoms with Gasteiger partial charge in [-0.25, -0.2) is 4.99 Å². The fourth-order valence-corrected chi connectivity index (χ4v) is 2.88. The molecule has 1 heterocycles. The van der Waals surface area contributed by atoms with Crippen LogP contribution in [0.5, 0.6) is 0 Å². The Morgan fingerprint density at radius 3 is 3.00 bits per heavy atom. The normalized spacial score (nSPS) is 16.9. The summed E-state index contributed by atoms with van der Waals surface area (Å²) in [6.07, 6.45) is 1.11. The summed E-state index contributed by atoms with van der Waals surface area (Å²) < 4.78 is 10.7. The smallest absolute Gasteiger partial charge is 0.194 e. The van der Waals surface area contributed by atoms with E-state index in [0.717, 1.165) is 44.2 Å². The molecule has 0 aromatic heterocycles. The lowest BCUT2D eigenvalue weighted by Gasteiger charge is -2.21. The Kier molecular flexibility index (Phi) is 11.2.